The van der Waals surface area contributed by atoms with Gasteiger partial charge in [-0.25, -0.2) is 8.78 Å². The number of hydrogen-bond donors (Lipinski definition) is 1. The van der Waals surface area contributed by atoms with Crippen molar-refractivity contribution in [3.05, 3.63) is 34.6 Å². The van der Waals surface area contributed by atoms with Gasteiger partial charge in [0.1, 0.15) is 11.5 Å². The van der Waals surface area contributed by atoms with Crippen molar-refractivity contribution in [2.24, 2.45) is 11.7 Å². The third-order valence-electron chi connectivity index (χ3n) is 2.87. The third kappa shape index (κ3) is 2.92. The summed E-state index contributed by atoms with van der Waals surface area (Å²) in [6.07, 6.45) is -0.0481. The molecule has 1 atom stereocenters. The van der Waals surface area contributed by atoms with Crippen molar-refractivity contribution in [3.63, 3.8) is 0 Å². The van der Waals surface area contributed by atoms with E-state index in [1.54, 1.807) is 13.8 Å². The lowest BCUT2D eigenvalue weighted by atomic mass is 9.86. The topological polar surface area (TPSA) is 26.0 Å². The second-order valence-corrected chi connectivity index (χ2v) is 4.74. The zero-order valence-corrected chi connectivity index (χ0v) is 10.2. The van der Waals surface area contributed by atoms with Crippen molar-refractivity contribution in [1.82, 2.24) is 0 Å². The molecule has 1 aromatic carbocycles. The summed E-state index contributed by atoms with van der Waals surface area (Å²) < 4.78 is 27.7. The van der Waals surface area contributed by atoms with E-state index in [-0.39, 0.29) is 24.4 Å². The monoisotopic (exact) mass is 247 g/mol. The lowest BCUT2D eigenvalue weighted by Gasteiger charge is -2.28. The summed E-state index contributed by atoms with van der Waals surface area (Å²) in [6.45, 7) is 3.33. The van der Waals surface area contributed by atoms with E-state index in [2.05, 4.69) is 0 Å². The van der Waals surface area contributed by atoms with E-state index >= 15 is 0 Å². The van der Waals surface area contributed by atoms with Crippen LogP contribution in [0.1, 0.15) is 19.4 Å². The van der Waals surface area contributed by atoms with E-state index in [9.17, 15) is 8.78 Å². The average Bonchev–Trinajstić information content (AvgIpc) is 2.23. The summed E-state index contributed by atoms with van der Waals surface area (Å²) in [6, 6.07) is 4.14. The van der Waals surface area contributed by atoms with Crippen molar-refractivity contribution in [2.45, 2.75) is 25.9 Å². The predicted octanol–water partition coefficient (Wildman–Crippen LogP) is 3.34. The molecule has 2 N–H and O–H groups in total. The second-order valence-electron chi connectivity index (χ2n) is 4.31. The summed E-state index contributed by atoms with van der Waals surface area (Å²) in [4.78, 5) is 0. The van der Waals surface area contributed by atoms with Crippen LogP contribution in [0.4, 0.5) is 8.78 Å². The van der Waals surface area contributed by atoms with E-state index in [0.29, 0.717) is 5.02 Å². The number of halogens is 3. The van der Waals surface area contributed by atoms with Gasteiger partial charge in [0.05, 0.1) is 0 Å². The molecule has 0 bridgehead atoms. The fourth-order valence-corrected chi connectivity index (χ4v) is 1.70. The first-order valence-electron chi connectivity index (χ1n) is 5.22. The maximum atomic E-state index is 14.3. The van der Waals surface area contributed by atoms with E-state index in [1.165, 1.54) is 18.2 Å². The highest BCUT2D eigenvalue weighted by molar-refractivity contribution is 6.30. The van der Waals surface area contributed by atoms with Gasteiger partial charge in [-0.15, -0.1) is 0 Å². The molecular weight excluding hydrogens is 232 g/mol. The van der Waals surface area contributed by atoms with Crippen LogP contribution in [0.2, 0.25) is 5.02 Å². The minimum absolute atomic E-state index is 0.0481. The van der Waals surface area contributed by atoms with Crippen LogP contribution in [-0.2, 0) is 6.42 Å². The Morgan fingerprint density at radius 3 is 2.56 bits per heavy atom. The molecule has 0 amide bonds. The van der Waals surface area contributed by atoms with Crippen LogP contribution in [0.25, 0.3) is 0 Å². The molecule has 0 saturated carbocycles. The lowest BCUT2D eigenvalue weighted by Crippen LogP contribution is -2.40. The zero-order chi connectivity index (χ0) is 12.3. The van der Waals surface area contributed by atoms with Gasteiger partial charge >= 0.3 is 0 Å². The first-order chi connectivity index (χ1) is 7.39. The van der Waals surface area contributed by atoms with Crippen LogP contribution >= 0.6 is 11.6 Å². The summed E-state index contributed by atoms with van der Waals surface area (Å²) >= 11 is 5.75. The van der Waals surface area contributed by atoms with Crippen molar-refractivity contribution in [3.8, 4) is 0 Å². The Hall–Kier alpha value is -0.670. The molecule has 0 fully saturated rings. The molecule has 90 valence electrons. The van der Waals surface area contributed by atoms with E-state index < -0.39 is 11.5 Å². The molecule has 0 aliphatic rings. The smallest absolute Gasteiger partial charge is 0.129 e. The molecule has 0 aliphatic heterocycles. The van der Waals surface area contributed by atoms with Crippen LogP contribution in [0.15, 0.2) is 18.2 Å². The molecule has 1 unspecified atom stereocenters. The molecule has 1 rings (SSSR count). The highest BCUT2D eigenvalue weighted by atomic mass is 35.5. The number of nitrogens with two attached hydrogens (primary N) is 1. The summed E-state index contributed by atoms with van der Waals surface area (Å²) in [5.41, 5.74) is 4.09. The zero-order valence-electron chi connectivity index (χ0n) is 9.43. The van der Waals surface area contributed by atoms with Crippen molar-refractivity contribution < 1.29 is 8.78 Å². The molecule has 0 saturated heterocycles. The summed E-state index contributed by atoms with van der Waals surface area (Å²) in [7, 11) is 0. The van der Waals surface area contributed by atoms with Gasteiger partial charge in [-0.3, -0.25) is 0 Å². The summed E-state index contributed by atoms with van der Waals surface area (Å²) in [5.74, 6) is -0.712. The Morgan fingerprint density at radius 1 is 1.44 bits per heavy atom. The van der Waals surface area contributed by atoms with E-state index in [0.717, 1.165) is 0 Å². The standard InChI is InChI=1S/C12H16ClF2N/c1-8(2)12(15,7-16)6-9-5-10(13)3-4-11(9)14/h3-5,8H,6-7,16H2,1-2H3. The lowest BCUT2D eigenvalue weighted by molar-refractivity contribution is 0.109. The molecule has 0 spiro atoms. The molecule has 16 heavy (non-hydrogen) atoms. The number of benzene rings is 1. The Bertz CT molecular complexity index is 368. The Kier molecular flexibility index (Phi) is 4.28. The minimum atomic E-state index is -1.59. The van der Waals surface area contributed by atoms with Crippen LogP contribution in [0, 0.1) is 11.7 Å². The van der Waals surface area contributed by atoms with E-state index in [1.807, 2.05) is 0 Å². The van der Waals surface area contributed by atoms with Gasteiger partial charge in [0.25, 0.3) is 0 Å². The minimum Gasteiger partial charge on any atom is -0.328 e. The SMILES string of the molecule is CC(C)C(F)(CN)Cc1cc(Cl)ccc1F. The van der Waals surface area contributed by atoms with Gasteiger partial charge in [0.2, 0.25) is 0 Å². The molecule has 1 nitrogen and oxygen atoms in total. The van der Waals surface area contributed by atoms with Gasteiger partial charge in [-0.05, 0) is 29.7 Å². The van der Waals surface area contributed by atoms with Crippen LogP contribution < -0.4 is 5.73 Å². The molecule has 0 radical (unpaired) electrons. The quantitative estimate of drug-likeness (QED) is 0.868. The maximum absolute atomic E-state index is 14.3. The highest BCUT2D eigenvalue weighted by Gasteiger charge is 2.33. The third-order valence-corrected chi connectivity index (χ3v) is 3.10. The Morgan fingerprint density at radius 2 is 2.06 bits per heavy atom. The fourth-order valence-electron chi connectivity index (χ4n) is 1.51. The first-order valence-corrected chi connectivity index (χ1v) is 5.60. The van der Waals surface area contributed by atoms with Gasteiger partial charge in [0.15, 0.2) is 0 Å². The fraction of sp³-hybridized carbons (Fsp3) is 0.500. The molecule has 0 aliphatic carbocycles. The molecule has 0 heterocycles. The van der Waals surface area contributed by atoms with Gasteiger partial charge in [-0.2, -0.15) is 0 Å². The second kappa shape index (κ2) is 5.11. The summed E-state index contributed by atoms with van der Waals surface area (Å²) in [5, 5.41) is 0.402. The van der Waals surface area contributed by atoms with Crippen molar-refractivity contribution in [1.29, 1.82) is 0 Å². The van der Waals surface area contributed by atoms with Gasteiger partial charge in [-0.1, -0.05) is 25.4 Å². The van der Waals surface area contributed by atoms with E-state index in [4.69, 9.17) is 17.3 Å². The van der Waals surface area contributed by atoms with Gasteiger partial charge in [0, 0.05) is 18.0 Å². The highest BCUT2D eigenvalue weighted by Crippen LogP contribution is 2.28. The molecule has 0 aromatic heterocycles. The van der Waals surface area contributed by atoms with Crippen molar-refractivity contribution in [2.75, 3.05) is 6.54 Å². The van der Waals surface area contributed by atoms with Crippen molar-refractivity contribution >= 4 is 11.6 Å². The molecule has 1 aromatic rings. The maximum Gasteiger partial charge on any atom is 0.129 e. The Labute approximate surface area is 99.6 Å². The van der Waals surface area contributed by atoms with Crippen LogP contribution in [0.3, 0.4) is 0 Å². The molecular formula is C12H16ClF2N. The largest absolute Gasteiger partial charge is 0.328 e. The van der Waals surface area contributed by atoms with Crippen LogP contribution in [0.5, 0.6) is 0 Å². The first kappa shape index (κ1) is 13.4. The average molecular weight is 248 g/mol. The molecule has 4 heteroatoms. The Balaban J connectivity index is 2.98. The van der Waals surface area contributed by atoms with Gasteiger partial charge < -0.3 is 5.73 Å². The van der Waals surface area contributed by atoms with Crippen LogP contribution in [-0.4, -0.2) is 12.2 Å². The number of alkyl halides is 1. The normalized spacial score (nSPS) is 15.2. The number of hydrogen-bond acceptors (Lipinski definition) is 1. The predicted molar refractivity (Wildman–Crippen MR) is 62.8 cm³/mol. The number of rotatable bonds is 4.